The molecule has 1 aliphatic heterocycles. The molecule has 0 bridgehead atoms. The molecular formula is C29H27Cl2FN6O3. The van der Waals surface area contributed by atoms with E-state index in [0.717, 1.165) is 17.6 Å². The first kappa shape index (κ1) is 28.7. The first-order valence-corrected chi connectivity index (χ1v) is 13.8. The molecule has 1 saturated heterocycles. The lowest BCUT2D eigenvalue weighted by atomic mass is 10.0. The Morgan fingerprint density at radius 3 is 2.44 bits per heavy atom. The number of nitrogens with one attached hydrogen (secondary N) is 1. The summed E-state index contributed by atoms with van der Waals surface area (Å²) in [5.41, 5.74) is 1.43. The minimum Gasteiger partial charge on any atom is -0.376 e. The fourth-order valence-corrected chi connectivity index (χ4v) is 4.86. The molecular weight excluding hydrogens is 570 g/mol. The van der Waals surface area contributed by atoms with E-state index < -0.39 is 23.7 Å². The average Bonchev–Trinajstić information content (AvgIpc) is 3.66. The molecule has 2 atom stereocenters. The molecule has 0 aliphatic carbocycles. The van der Waals surface area contributed by atoms with E-state index in [9.17, 15) is 14.0 Å². The number of hydrogen-bond acceptors (Lipinski definition) is 6. The lowest BCUT2D eigenvalue weighted by Gasteiger charge is -2.32. The van der Waals surface area contributed by atoms with Gasteiger partial charge in [-0.15, -0.1) is 10.2 Å². The molecule has 1 fully saturated rings. The maximum absolute atomic E-state index is 14.8. The predicted octanol–water partition coefficient (Wildman–Crippen LogP) is 4.85. The van der Waals surface area contributed by atoms with Crippen LogP contribution in [0.5, 0.6) is 0 Å². The van der Waals surface area contributed by atoms with Crippen LogP contribution < -0.4 is 5.32 Å². The molecule has 212 valence electrons. The Kier molecular flexibility index (Phi) is 9.23. The van der Waals surface area contributed by atoms with Gasteiger partial charge in [-0.1, -0.05) is 53.5 Å². The molecule has 0 saturated carbocycles. The highest BCUT2D eigenvalue weighted by atomic mass is 35.5. The van der Waals surface area contributed by atoms with Crippen molar-refractivity contribution in [1.29, 1.82) is 0 Å². The normalized spacial score (nSPS) is 15.4. The Balaban J connectivity index is 1.45. The summed E-state index contributed by atoms with van der Waals surface area (Å²) in [6, 6.07) is 18.5. The molecule has 3 aromatic carbocycles. The Hall–Kier alpha value is -3.86. The van der Waals surface area contributed by atoms with Crippen molar-refractivity contribution in [3.8, 4) is 11.4 Å². The minimum atomic E-state index is -1.10. The van der Waals surface area contributed by atoms with Gasteiger partial charge < -0.3 is 15.0 Å². The van der Waals surface area contributed by atoms with Crippen molar-refractivity contribution in [2.75, 3.05) is 13.2 Å². The topological polar surface area (TPSA) is 102 Å². The van der Waals surface area contributed by atoms with E-state index in [1.54, 1.807) is 66.7 Å². The average molecular weight is 597 g/mol. The smallest absolute Gasteiger partial charge is 0.247 e. The van der Waals surface area contributed by atoms with Crippen molar-refractivity contribution in [1.82, 2.24) is 30.4 Å². The molecule has 41 heavy (non-hydrogen) atoms. The molecule has 12 heteroatoms. The largest absolute Gasteiger partial charge is 0.376 e. The SMILES string of the molecule is O=C(NC[C@H]1CCCO1)[C@@H](c1ccc(Cl)cc1)N(Cc1ccccc1F)C(=O)Cn1nnc(-c2ccc(Cl)cc2)n1. The number of carbonyl (C=O) groups is 2. The maximum atomic E-state index is 14.8. The first-order chi connectivity index (χ1) is 19.9. The van der Waals surface area contributed by atoms with Gasteiger partial charge in [-0.3, -0.25) is 9.59 Å². The highest BCUT2D eigenvalue weighted by molar-refractivity contribution is 6.30. The van der Waals surface area contributed by atoms with Crippen LogP contribution in [-0.2, 0) is 27.4 Å². The number of aromatic nitrogens is 4. The molecule has 1 aromatic heterocycles. The van der Waals surface area contributed by atoms with Crippen LogP contribution in [0, 0.1) is 5.82 Å². The number of ether oxygens (including phenoxy) is 1. The highest BCUT2D eigenvalue weighted by Gasteiger charge is 2.33. The van der Waals surface area contributed by atoms with Gasteiger partial charge >= 0.3 is 0 Å². The third-order valence-corrected chi connectivity index (χ3v) is 7.23. The quantitative estimate of drug-likeness (QED) is 0.281. The molecule has 1 aliphatic rings. The summed E-state index contributed by atoms with van der Waals surface area (Å²) in [6.45, 7) is 0.421. The molecule has 0 radical (unpaired) electrons. The van der Waals surface area contributed by atoms with E-state index in [0.29, 0.717) is 40.1 Å². The van der Waals surface area contributed by atoms with Crippen molar-refractivity contribution in [2.24, 2.45) is 0 Å². The second kappa shape index (κ2) is 13.2. The second-order valence-corrected chi connectivity index (χ2v) is 10.5. The Morgan fingerprint density at radius 1 is 1.05 bits per heavy atom. The summed E-state index contributed by atoms with van der Waals surface area (Å²) in [6.07, 6.45) is 1.64. The molecule has 4 aromatic rings. The number of rotatable bonds is 10. The van der Waals surface area contributed by atoms with Crippen LogP contribution in [0.3, 0.4) is 0 Å². The van der Waals surface area contributed by atoms with Crippen molar-refractivity contribution in [3.05, 3.63) is 99.8 Å². The molecule has 2 amide bonds. The van der Waals surface area contributed by atoms with Crippen LogP contribution in [0.1, 0.15) is 30.0 Å². The van der Waals surface area contributed by atoms with Gasteiger partial charge in [0.1, 0.15) is 18.4 Å². The van der Waals surface area contributed by atoms with E-state index in [2.05, 4.69) is 20.7 Å². The lowest BCUT2D eigenvalue weighted by Crippen LogP contribution is -2.46. The maximum Gasteiger partial charge on any atom is 0.247 e. The molecule has 2 heterocycles. The molecule has 5 rings (SSSR count). The number of amides is 2. The molecule has 1 N–H and O–H groups in total. The Labute approximate surface area is 246 Å². The number of hydrogen-bond donors (Lipinski definition) is 1. The van der Waals surface area contributed by atoms with Gasteiger partial charge in [-0.05, 0) is 66.1 Å². The third-order valence-electron chi connectivity index (χ3n) is 6.72. The van der Waals surface area contributed by atoms with Crippen LogP contribution >= 0.6 is 23.2 Å². The van der Waals surface area contributed by atoms with E-state index in [1.165, 1.54) is 11.0 Å². The third kappa shape index (κ3) is 7.27. The highest BCUT2D eigenvalue weighted by Crippen LogP contribution is 2.27. The van der Waals surface area contributed by atoms with Gasteiger partial charge in [-0.2, -0.15) is 4.80 Å². The van der Waals surface area contributed by atoms with E-state index in [4.69, 9.17) is 27.9 Å². The monoisotopic (exact) mass is 596 g/mol. The molecule has 0 spiro atoms. The number of halogens is 3. The van der Waals surface area contributed by atoms with Crippen molar-refractivity contribution >= 4 is 35.0 Å². The predicted molar refractivity (Wildman–Crippen MR) is 151 cm³/mol. The summed E-state index contributed by atoms with van der Waals surface area (Å²) in [5, 5.41) is 16.4. The van der Waals surface area contributed by atoms with Gasteiger partial charge in [-0.25, -0.2) is 4.39 Å². The summed E-state index contributed by atoms with van der Waals surface area (Å²) >= 11 is 12.1. The van der Waals surface area contributed by atoms with E-state index in [-0.39, 0.29) is 24.8 Å². The van der Waals surface area contributed by atoms with Gasteiger partial charge in [0.25, 0.3) is 0 Å². The second-order valence-electron chi connectivity index (χ2n) is 9.60. The summed E-state index contributed by atoms with van der Waals surface area (Å²) in [7, 11) is 0. The summed E-state index contributed by atoms with van der Waals surface area (Å²) in [4.78, 5) is 30.1. The van der Waals surface area contributed by atoms with Crippen molar-refractivity contribution in [3.63, 3.8) is 0 Å². The van der Waals surface area contributed by atoms with E-state index >= 15 is 0 Å². The zero-order valence-corrected chi connectivity index (χ0v) is 23.4. The lowest BCUT2D eigenvalue weighted by molar-refractivity contribution is -0.142. The fraction of sp³-hybridized carbons (Fsp3) is 0.276. The Bertz CT molecular complexity index is 1490. The number of carbonyl (C=O) groups excluding carboxylic acids is 2. The number of benzene rings is 3. The van der Waals surface area contributed by atoms with Crippen LogP contribution in [0.25, 0.3) is 11.4 Å². The number of tetrazole rings is 1. The number of nitrogens with zero attached hydrogens (tertiary/aromatic N) is 5. The van der Waals surface area contributed by atoms with Gasteiger partial charge in [0, 0.05) is 40.9 Å². The standard InChI is InChI=1S/C29H27Cl2FN6O3/c30-22-11-7-19(8-12-22)27(29(40)33-16-24-5-3-15-41-24)37(17-21-4-1-2-6-25(21)32)26(39)18-38-35-28(34-36-38)20-9-13-23(31)14-10-20/h1-2,4,6-14,24,27H,3,5,15-18H2,(H,33,40)/t24-,27-/m1/s1. The van der Waals surface area contributed by atoms with Gasteiger partial charge in [0.05, 0.1) is 6.10 Å². The van der Waals surface area contributed by atoms with Gasteiger partial charge in [0.2, 0.25) is 17.6 Å². The van der Waals surface area contributed by atoms with E-state index in [1.807, 2.05) is 0 Å². The fourth-order valence-electron chi connectivity index (χ4n) is 4.60. The summed E-state index contributed by atoms with van der Waals surface area (Å²) < 4.78 is 20.5. The van der Waals surface area contributed by atoms with Crippen LogP contribution in [-0.4, -0.2) is 56.2 Å². The zero-order chi connectivity index (χ0) is 28.8. The minimum absolute atomic E-state index is 0.105. The van der Waals surface area contributed by atoms with Crippen LogP contribution in [0.4, 0.5) is 4.39 Å². The van der Waals surface area contributed by atoms with Crippen molar-refractivity contribution < 1.29 is 18.7 Å². The Morgan fingerprint density at radius 2 is 1.76 bits per heavy atom. The summed E-state index contributed by atoms with van der Waals surface area (Å²) in [5.74, 6) is -1.14. The van der Waals surface area contributed by atoms with Crippen LogP contribution in [0.15, 0.2) is 72.8 Å². The zero-order valence-electron chi connectivity index (χ0n) is 21.9. The molecule has 9 nitrogen and oxygen atoms in total. The van der Waals surface area contributed by atoms with Crippen molar-refractivity contribution in [2.45, 2.75) is 38.1 Å². The first-order valence-electron chi connectivity index (χ1n) is 13.1. The van der Waals surface area contributed by atoms with Gasteiger partial charge in [0.15, 0.2) is 0 Å². The van der Waals surface area contributed by atoms with Crippen LogP contribution in [0.2, 0.25) is 10.0 Å². The molecule has 0 unspecified atom stereocenters.